The topological polar surface area (TPSA) is 38.7 Å². The van der Waals surface area contributed by atoms with Gasteiger partial charge in [0, 0.05) is 16.3 Å². The molecule has 4 heteroatoms. The summed E-state index contributed by atoms with van der Waals surface area (Å²) < 4.78 is 5.68. The van der Waals surface area contributed by atoms with Gasteiger partial charge in [-0.1, -0.05) is 48.0 Å². The highest BCUT2D eigenvalue weighted by atomic mass is 79.9. The van der Waals surface area contributed by atoms with E-state index >= 15 is 0 Å². The Hall–Kier alpha value is -1.16. The minimum absolute atomic E-state index is 0.112. The normalized spacial score (nSPS) is 13.0. The number of hydrogen-bond acceptors (Lipinski definition) is 3. The monoisotopic (exact) mass is 297 g/mol. The number of carbonyl (C=O) groups is 1. The van der Waals surface area contributed by atoms with Crippen LogP contribution < -0.4 is 0 Å². The number of rotatable bonds is 4. The maximum Gasteiger partial charge on any atom is 0.330 e. The molecule has 0 radical (unpaired) electrons. The van der Waals surface area contributed by atoms with Crippen LogP contribution in [0.1, 0.15) is 19.4 Å². The van der Waals surface area contributed by atoms with Crippen molar-refractivity contribution < 1.29 is 9.53 Å². The lowest BCUT2D eigenvalue weighted by molar-refractivity contribution is -0.143. The summed E-state index contributed by atoms with van der Waals surface area (Å²) in [5.74, 6) is -0.190. The van der Waals surface area contributed by atoms with Gasteiger partial charge in [0.1, 0.15) is 6.04 Å². The minimum atomic E-state index is -0.452. The number of benzene rings is 1. The molecular formula is C13H16BrNO2. The zero-order valence-electron chi connectivity index (χ0n) is 10.2. The highest BCUT2D eigenvalue weighted by Crippen LogP contribution is 2.15. The lowest BCUT2D eigenvalue weighted by Crippen LogP contribution is -2.26. The van der Waals surface area contributed by atoms with Crippen LogP contribution in [-0.4, -0.2) is 25.3 Å². The lowest BCUT2D eigenvalue weighted by atomic mass is 10.1. The SMILES string of the molecule is COC(=O)[C@@H](N=Cc1ccccc1Br)C(C)C. The van der Waals surface area contributed by atoms with E-state index in [1.807, 2.05) is 38.1 Å². The predicted molar refractivity (Wildman–Crippen MR) is 72.4 cm³/mol. The first kappa shape index (κ1) is 13.9. The Bertz CT molecular complexity index is 416. The number of carbonyl (C=O) groups excluding carboxylic acids is 1. The van der Waals surface area contributed by atoms with E-state index in [0.717, 1.165) is 10.0 Å². The van der Waals surface area contributed by atoms with Crippen LogP contribution in [-0.2, 0) is 9.53 Å². The number of methoxy groups -OCH3 is 1. The van der Waals surface area contributed by atoms with Crippen molar-refractivity contribution in [3.63, 3.8) is 0 Å². The molecule has 92 valence electrons. The molecule has 1 rings (SSSR count). The number of esters is 1. The van der Waals surface area contributed by atoms with E-state index in [4.69, 9.17) is 4.74 Å². The molecule has 0 aliphatic heterocycles. The van der Waals surface area contributed by atoms with Gasteiger partial charge in [0.2, 0.25) is 0 Å². The summed E-state index contributed by atoms with van der Waals surface area (Å²) in [6.07, 6.45) is 1.70. The number of nitrogens with zero attached hydrogens (tertiary/aromatic N) is 1. The van der Waals surface area contributed by atoms with Gasteiger partial charge in [-0.2, -0.15) is 0 Å². The molecule has 0 spiro atoms. The first-order chi connectivity index (χ1) is 8.06. The average molecular weight is 298 g/mol. The van der Waals surface area contributed by atoms with E-state index in [1.54, 1.807) is 6.21 Å². The molecule has 0 heterocycles. The Morgan fingerprint density at radius 3 is 2.59 bits per heavy atom. The van der Waals surface area contributed by atoms with E-state index in [2.05, 4.69) is 20.9 Å². The molecule has 1 aromatic carbocycles. The molecule has 0 fully saturated rings. The second-order valence-electron chi connectivity index (χ2n) is 4.01. The zero-order valence-corrected chi connectivity index (χ0v) is 11.8. The summed E-state index contributed by atoms with van der Waals surface area (Å²) in [5, 5.41) is 0. The number of aliphatic imine (C=N–C) groups is 1. The van der Waals surface area contributed by atoms with Crippen molar-refractivity contribution in [2.24, 2.45) is 10.9 Å². The minimum Gasteiger partial charge on any atom is -0.467 e. The van der Waals surface area contributed by atoms with Crippen LogP contribution in [0.5, 0.6) is 0 Å². The first-order valence-electron chi connectivity index (χ1n) is 5.41. The van der Waals surface area contributed by atoms with Crippen molar-refractivity contribution in [2.45, 2.75) is 19.9 Å². The van der Waals surface area contributed by atoms with E-state index in [9.17, 15) is 4.79 Å². The summed E-state index contributed by atoms with van der Waals surface area (Å²) in [6.45, 7) is 3.89. The largest absolute Gasteiger partial charge is 0.467 e. The van der Waals surface area contributed by atoms with Gasteiger partial charge >= 0.3 is 5.97 Å². The summed E-state index contributed by atoms with van der Waals surface area (Å²) in [7, 11) is 1.38. The predicted octanol–water partition coefficient (Wildman–Crippen LogP) is 3.07. The zero-order chi connectivity index (χ0) is 12.8. The molecule has 0 aliphatic rings. The molecule has 1 atom stereocenters. The van der Waals surface area contributed by atoms with Crippen molar-refractivity contribution in [1.29, 1.82) is 0 Å². The molecule has 0 saturated carbocycles. The molecule has 0 N–H and O–H groups in total. The van der Waals surface area contributed by atoms with Crippen LogP contribution in [0.15, 0.2) is 33.7 Å². The third-order valence-electron chi connectivity index (χ3n) is 2.35. The molecule has 0 aromatic heterocycles. The number of ether oxygens (including phenoxy) is 1. The lowest BCUT2D eigenvalue weighted by Gasteiger charge is -2.13. The van der Waals surface area contributed by atoms with Crippen LogP contribution >= 0.6 is 15.9 Å². The smallest absolute Gasteiger partial charge is 0.330 e. The van der Waals surface area contributed by atoms with Crippen LogP contribution in [0.3, 0.4) is 0 Å². The standard InChI is InChI=1S/C13H16BrNO2/c1-9(2)12(13(16)17-3)15-8-10-6-4-5-7-11(10)14/h4-9,12H,1-3H3/t12-/m0/s1. The van der Waals surface area contributed by atoms with Gasteiger partial charge in [0.25, 0.3) is 0 Å². The summed E-state index contributed by atoms with van der Waals surface area (Å²) in [5.41, 5.74) is 0.946. The van der Waals surface area contributed by atoms with Crippen molar-refractivity contribution in [3.05, 3.63) is 34.3 Å². The van der Waals surface area contributed by atoms with Gasteiger partial charge in [-0.05, 0) is 12.0 Å². The van der Waals surface area contributed by atoms with Crippen LogP contribution in [0, 0.1) is 5.92 Å². The Morgan fingerprint density at radius 1 is 1.41 bits per heavy atom. The van der Waals surface area contributed by atoms with Crippen molar-refractivity contribution in [1.82, 2.24) is 0 Å². The van der Waals surface area contributed by atoms with Gasteiger partial charge in [0.05, 0.1) is 7.11 Å². The van der Waals surface area contributed by atoms with E-state index < -0.39 is 6.04 Å². The maximum absolute atomic E-state index is 11.5. The summed E-state index contributed by atoms with van der Waals surface area (Å²) in [6, 6.07) is 7.27. The third kappa shape index (κ3) is 3.97. The van der Waals surface area contributed by atoms with E-state index in [0.29, 0.717) is 0 Å². The quantitative estimate of drug-likeness (QED) is 0.633. The van der Waals surface area contributed by atoms with E-state index in [-0.39, 0.29) is 11.9 Å². The van der Waals surface area contributed by atoms with Gasteiger partial charge in [-0.25, -0.2) is 4.79 Å². The molecular weight excluding hydrogens is 282 g/mol. The van der Waals surface area contributed by atoms with Gasteiger partial charge in [-0.15, -0.1) is 0 Å². The Labute approximate surface area is 110 Å². The number of halogens is 1. The Kier molecular flexibility index (Phi) is 5.35. The fourth-order valence-corrected chi connectivity index (χ4v) is 1.75. The highest BCUT2D eigenvalue weighted by Gasteiger charge is 2.21. The third-order valence-corrected chi connectivity index (χ3v) is 3.08. The summed E-state index contributed by atoms with van der Waals surface area (Å²) >= 11 is 3.43. The molecule has 1 aromatic rings. The van der Waals surface area contributed by atoms with Crippen LogP contribution in [0.4, 0.5) is 0 Å². The molecule has 0 aliphatic carbocycles. The molecule has 0 unspecified atom stereocenters. The Morgan fingerprint density at radius 2 is 2.06 bits per heavy atom. The highest BCUT2D eigenvalue weighted by molar-refractivity contribution is 9.10. The molecule has 0 amide bonds. The fraction of sp³-hybridized carbons (Fsp3) is 0.385. The molecule has 3 nitrogen and oxygen atoms in total. The second kappa shape index (κ2) is 6.55. The van der Waals surface area contributed by atoms with Crippen molar-refractivity contribution in [3.8, 4) is 0 Å². The fourth-order valence-electron chi connectivity index (χ4n) is 1.37. The summed E-state index contributed by atoms with van der Waals surface area (Å²) in [4.78, 5) is 15.8. The molecule has 0 saturated heterocycles. The van der Waals surface area contributed by atoms with Gasteiger partial charge in [-0.3, -0.25) is 4.99 Å². The molecule has 0 bridgehead atoms. The second-order valence-corrected chi connectivity index (χ2v) is 4.87. The maximum atomic E-state index is 11.5. The van der Waals surface area contributed by atoms with Crippen molar-refractivity contribution in [2.75, 3.05) is 7.11 Å². The van der Waals surface area contributed by atoms with Crippen LogP contribution in [0.2, 0.25) is 0 Å². The number of hydrogen-bond donors (Lipinski definition) is 0. The average Bonchev–Trinajstić information content (AvgIpc) is 2.30. The van der Waals surface area contributed by atoms with E-state index in [1.165, 1.54) is 7.11 Å². The Balaban J connectivity index is 2.87. The molecule has 17 heavy (non-hydrogen) atoms. The van der Waals surface area contributed by atoms with Crippen molar-refractivity contribution >= 4 is 28.1 Å². The van der Waals surface area contributed by atoms with Crippen LogP contribution in [0.25, 0.3) is 0 Å². The first-order valence-corrected chi connectivity index (χ1v) is 6.21. The van der Waals surface area contributed by atoms with Gasteiger partial charge < -0.3 is 4.74 Å². The van der Waals surface area contributed by atoms with Gasteiger partial charge in [0.15, 0.2) is 0 Å².